The van der Waals surface area contributed by atoms with Gasteiger partial charge in [0.2, 0.25) is 0 Å². The smallest absolute Gasteiger partial charge is 0.311 e. The van der Waals surface area contributed by atoms with E-state index >= 15 is 0 Å². The summed E-state index contributed by atoms with van der Waals surface area (Å²) in [4.78, 5) is 21.7. The second-order valence-electron chi connectivity index (χ2n) is 5.40. The van der Waals surface area contributed by atoms with Crippen molar-refractivity contribution in [2.75, 3.05) is 0 Å². The van der Waals surface area contributed by atoms with Gasteiger partial charge in [0.1, 0.15) is 18.2 Å². The number of ether oxygens (including phenoxy) is 1. The Balaban J connectivity index is 1.90. The van der Waals surface area contributed by atoms with Crippen molar-refractivity contribution < 1.29 is 13.5 Å². The molecule has 2 aromatic heterocycles. The normalized spacial score (nSPS) is 11.0. The van der Waals surface area contributed by atoms with Crippen LogP contribution in [0.2, 0.25) is 0 Å². The number of alkyl halides is 1. The third kappa shape index (κ3) is 2.95. The minimum absolute atomic E-state index is 0.00522. The highest BCUT2D eigenvalue weighted by molar-refractivity contribution is 7.16. The Hall–Kier alpha value is -3.13. The molecule has 0 unspecified atom stereocenters. The molecule has 4 rings (SSSR count). The third-order valence-corrected chi connectivity index (χ3v) is 4.41. The van der Waals surface area contributed by atoms with Crippen LogP contribution in [-0.2, 0) is 6.67 Å². The molecule has 0 aliphatic carbocycles. The lowest BCUT2D eigenvalue weighted by Crippen LogP contribution is -2.21. The first kappa shape index (κ1) is 16.3. The van der Waals surface area contributed by atoms with E-state index in [9.17, 15) is 13.6 Å². The van der Waals surface area contributed by atoms with E-state index in [-0.39, 0.29) is 11.5 Å². The van der Waals surface area contributed by atoms with Crippen LogP contribution in [0.3, 0.4) is 0 Å². The molecule has 0 saturated carbocycles. The van der Waals surface area contributed by atoms with Gasteiger partial charge in [-0.2, -0.15) is 4.98 Å². The van der Waals surface area contributed by atoms with Crippen molar-refractivity contribution in [1.29, 1.82) is 0 Å². The fraction of sp³-hybridized carbons (Fsp3) is 0.0556. The van der Waals surface area contributed by atoms with Crippen LogP contribution in [0.15, 0.2) is 58.8 Å². The molecule has 0 atom stereocenters. The zero-order valence-corrected chi connectivity index (χ0v) is 14.0. The standard InChI is InChI=1S/C18H11F2N3O2S/c19-9-11-2-1-3-14(8-11)25-18-22-16-15(21-10-26-16)17(24)23(18)13-6-4-12(20)5-7-13/h1-8,10H,9H2. The Morgan fingerprint density at radius 1 is 1.15 bits per heavy atom. The van der Waals surface area contributed by atoms with Gasteiger partial charge in [0.15, 0.2) is 10.3 Å². The fourth-order valence-corrected chi connectivity index (χ4v) is 3.12. The predicted molar refractivity (Wildman–Crippen MR) is 94.3 cm³/mol. The zero-order chi connectivity index (χ0) is 18.1. The molecule has 8 heteroatoms. The summed E-state index contributed by atoms with van der Waals surface area (Å²) in [5.41, 5.74) is 2.11. The second-order valence-corrected chi connectivity index (χ2v) is 6.23. The predicted octanol–water partition coefficient (Wildman–Crippen LogP) is 4.24. The van der Waals surface area contributed by atoms with E-state index in [0.29, 0.717) is 21.8 Å². The molecule has 0 saturated heterocycles. The number of halogens is 2. The van der Waals surface area contributed by atoms with Crippen LogP contribution < -0.4 is 10.3 Å². The van der Waals surface area contributed by atoms with Gasteiger partial charge < -0.3 is 4.74 Å². The van der Waals surface area contributed by atoms with Crippen molar-refractivity contribution in [1.82, 2.24) is 14.5 Å². The van der Waals surface area contributed by atoms with Gasteiger partial charge in [-0.1, -0.05) is 12.1 Å². The highest BCUT2D eigenvalue weighted by Crippen LogP contribution is 2.25. The van der Waals surface area contributed by atoms with E-state index in [1.54, 1.807) is 18.2 Å². The number of thiazole rings is 1. The first-order valence-electron chi connectivity index (χ1n) is 7.60. The number of nitrogens with zero attached hydrogens (tertiary/aromatic N) is 3. The molecule has 130 valence electrons. The van der Waals surface area contributed by atoms with Crippen LogP contribution in [0.4, 0.5) is 8.78 Å². The first-order chi connectivity index (χ1) is 12.7. The molecule has 26 heavy (non-hydrogen) atoms. The summed E-state index contributed by atoms with van der Waals surface area (Å²) in [5, 5.41) is 0. The average molecular weight is 371 g/mol. The van der Waals surface area contributed by atoms with Gasteiger partial charge >= 0.3 is 6.01 Å². The van der Waals surface area contributed by atoms with E-state index in [2.05, 4.69) is 9.97 Å². The number of hydrogen-bond donors (Lipinski definition) is 0. The van der Waals surface area contributed by atoms with Gasteiger partial charge in [-0.3, -0.25) is 4.79 Å². The van der Waals surface area contributed by atoms with Crippen molar-refractivity contribution >= 4 is 21.7 Å². The zero-order valence-electron chi connectivity index (χ0n) is 13.2. The molecular weight excluding hydrogens is 360 g/mol. The molecule has 2 heterocycles. The highest BCUT2D eigenvalue weighted by atomic mass is 32.1. The number of hydrogen-bond acceptors (Lipinski definition) is 5. The molecule has 0 radical (unpaired) electrons. The molecule has 0 spiro atoms. The summed E-state index contributed by atoms with van der Waals surface area (Å²) in [5.74, 6) is -0.0885. The van der Waals surface area contributed by atoms with Crippen LogP contribution >= 0.6 is 11.3 Å². The maximum absolute atomic E-state index is 13.3. The fourth-order valence-electron chi connectivity index (χ4n) is 2.48. The average Bonchev–Trinajstić information content (AvgIpc) is 3.12. The minimum atomic E-state index is -0.636. The molecule has 4 aromatic rings. The summed E-state index contributed by atoms with van der Waals surface area (Å²) in [6.07, 6.45) is 0. The molecule has 0 fully saturated rings. The molecule has 0 aliphatic rings. The number of aromatic nitrogens is 3. The van der Waals surface area contributed by atoms with Gasteiger partial charge in [-0.25, -0.2) is 18.3 Å². The summed E-state index contributed by atoms with van der Waals surface area (Å²) >= 11 is 1.20. The monoisotopic (exact) mass is 371 g/mol. The molecule has 0 amide bonds. The van der Waals surface area contributed by atoms with Crippen LogP contribution in [-0.4, -0.2) is 14.5 Å². The van der Waals surface area contributed by atoms with E-state index in [1.165, 1.54) is 51.7 Å². The van der Waals surface area contributed by atoms with Crippen molar-refractivity contribution in [3.8, 4) is 17.4 Å². The SMILES string of the molecule is O=c1c2ncsc2nc(Oc2cccc(CF)c2)n1-c1ccc(F)cc1. The van der Waals surface area contributed by atoms with E-state index in [0.717, 1.165) is 0 Å². The molecule has 0 aliphatic heterocycles. The third-order valence-electron chi connectivity index (χ3n) is 3.69. The van der Waals surface area contributed by atoms with Crippen molar-refractivity contribution in [3.63, 3.8) is 0 Å². The number of benzene rings is 2. The van der Waals surface area contributed by atoms with E-state index < -0.39 is 18.1 Å². The topological polar surface area (TPSA) is 57.0 Å². The van der Waals surface area contributed by atoms with Gasteiger partial charge in [0, 0.05) is 0 Å². The molecule has 0 N–H and O–H groups in total. The van der Waals surface area contributed by atoms with Gasteiger partial charge in [-0.15, -0.1) is 11.3 Å². The maximum atomic E-state index is 13.3. The van der Waals surface area contributed by atoms with Gasteiger partial charge in [-0.05, 0) is 42.0 Å². The number of fused-ring (bicyclic) bond motifs is 1. The first-order valence-corrected chi connectivity index (χ1v) is 8.48. The van der Waals surface area contributed by atoms with Crippen LogP contribution in [0.1, 0.15) is 5.56 Å². The quantitative estimate of drug-likeness (QED) is 0.538. The van der Waals surface area contributed by atoms with Crippen LogP contribution in [0.25, 0.3) is 16.0 Å². The van der Waals surface area contributed by atoms with Gasteiger partial charge in [0.05, 0.1) is 11.2 Å². The van der Waals surface area contributed by atoms with Crippen LogP contribution in [0.5, 0.6) is 11.8 Å². The summed E-state index contributed by atoms with van der Waals surface area (Å²) in [7, 11) is 0. The maximum Gasteiger partial charge on any atom is 0.311 e. The lowest BCUT2D eigenvalue weighted by atomic mass is 10.2. The Morgan fingerprint density at radius 2 is 1.96 bits per heavy atom. The lowest BCUT2D eigenvalue weighted by Gasteiger charge is -2.13. The summed E-state index contributed by atoms with van der Waals surface area (Å²) in [6.45, 7) is -0.636. The highest BCUT2D eigenvalue weighted by Gasteiger charge is 2.17. The van der Waals surface area contributed by atoms with Crippen molar-refractivity contribution in [2.24, 2.45) is 0 Å². The van der Waals surface area contributed by atoms with Crippen molar-refractivity contribution in [2.45, 2.75) is 6.67 Å². The Bertz CT molecular complexity index is 1140. The van der Waals surface area contributed by atoms with Gasteiger partial charge in [0.25, 0.3) is 5.56 Å². The Kier molecular flexibility index (Phi) is 4.18. The van der Waals surface area contributed by atoms with Crippen molar-refractivity contribution in [3.05, 3.63) is 75.8 Å². The Labute approximate surface area is 150 Å². The lowest BCUT2D eigenvalue weighted by molar-refractivity contribution is 0.424. The minimum Gasteiger partial charge on any atom is -0.425 e. The molecule has 0 bridgehead atoms. The molecule has 5 nitrogen and oxygen atoms in total. The molecular formula is C18H11F2N3O2S. The van der Waals surface area contributed by atoms with Crippen LogP contribution in [0, 0.1) is 5.82 Å². The van der Waals surface area contributed by atoms with E-state index in [4.69, 9.17) is 4.74 Å². The number of rotatable bonds is 4. The summed E-state index contributed by atoms with van der Waals surface area (Å²) < 4.78 is 33.1. The largest absolute Gasteiger partial charge is 0.425 e. The Morgan fingerprint density at radius 3 is 2.73 bits per heavy atom. The molecule has 2 aromatic carbocycles. The van der Waals surface area contributed by atoms with E-state index in [1.807, 2.05) is 0 Å². The second kappa shape index (κ2) is 6.64. The summed E-state index contributed by atoms with van der Waals surface area (Å²) in [6, 6.07) is 11.8.